The highest BCUT2D eigenvalue weighted by Crippen LogP contribution is 2.40. The first-order valence-corrected chi connectivity index (χ1v) is 8.24. The Morgan fingerprint density at radius 3 is 2.19 bits per heavy atom. The van der Waals surface area contributed by atoms with Crippen molar-refractivity contribution in [1.29, 1.82) is 0 Å². The summed E-state index contributed by atoms with van der Waals surface area (Å²) >= 11 is 0.767. The Kier molecular flexibility index (Phi) is 4.85. The van der Waals surface area contributed by atoms with Gasteiger partial charge in [-0.1, -0.05) is 0 Å². The van der Waals surface area contributed by atoms with Gasteiger partial charge in [-0.2, -0.15) is 0 Å². The second-order valence-electron chi connectivity index (χ2n) is 5.27. The summed E-state index contributed by atoms with van der Waals surface area (Å²) in [5, 5.41) is 9.46. The van der Waals surface area contributed by atoms with E-state index in [4.69, 9.17) is 9.47 Å². The second-order valence-corrected chi connectivity index (χ2v) is 6.26. The summed E-state index contributed by atoms with van der Waals surface area (Å²) in [5.41, 5.74) is 0.805. The van der Waals surface area contributed by atoms with Crippen molar-refractivity contribution in [3.63, 3.8) is 0 Å². The number of anilines is 1. The predicted octanol–water partition coefficient (Wildman–Crippen LogP) is 3.79. The van der Waals surface area contributed by atoms with Crippen LogP contribution in [0.3, 0.4) is 0 Å². The molecule has 6 nitrogen and oxygen atoms in total. The minimum Gasteiger partial charge on any atom is -0.502 e. The van der Waals surface area contributed by atoms with Crippen LogP contribution in [0, 0.1) is 5.82 Å². The molecule has 26 heavy (non-hydrogen) atoms. The summed E-state index contributed by atoms with van der Waals surface area (Å²) in [4.78, 5) is 26.0. The van der Waals surface area contributed by atoms with Crippen LogP contribution < -0.4 is 14.4 Å². The number of ether oxygens (including phenoxy) is 2. The fourth-order valence-corrected chi connectivity index (χ4v) is 3.27. The molecule has 2 aromatic rings. The maximum atomic E-state index is 13.1. The van der Waals surface area contributed by atoms with Crippen molar-refractivity contribution in [1.82, 2.24) is 0 Å². The number of amides is 2. The van der Waals surface area contributed by atoms with E-state index in [1.165, 1.54) is 56.7 Å². The SMILES string of the molecule is COc1cc(/C=C2\SC(=O)N(c3ccc(F)cc3)C2=O)cc(OC)c1O. The molecule has 1 saturated heterocycles. The van der Waals surface area contributed by atoms with Crippen molar-refractivity contribution in [2.75, 3.05) is 19.1 Å². The Labute approximate surface area is 152 Å². The van der Waals surface area contributed by atoms with E-state index in [9.17, 15) is 19.1 Å². The molecule has 1 fully saturated rings. The first-order valence-electron chi connectivity index (χ1n) is 7.43. The van der Waals surface area contributed by atoms with E-state index >= 15 is 0 Å². The number of carbonyl (C=O) groups excluding carboxylic acids is 2. The number of imide groups is 1. The molecular weight excluding hydrogens is 361 g/mol. The molecule has 1 aliphatic heterocycles. The van der Waals surface area contributed by atoms with Gasteiger partial charge in [0.1, 0.15) is 5.82 Å². The van der Waals surface area contributed by atoms with Gasteiger partial charge in [-0.15, -0.1) is 0 Å². The topological polar surface area (TPSA) is 76.1 Å². The summed E-state index contributed by atoms with van der Waals surface area (Å²) in [7, 11) is 2.78. The van der Waals surface area contributed by atoms with E-state index < -0.39 is 17.0 Å². The van der Waals surface area contributed by atoms with Gasteiger partial charge in [0.25, 0.3) is 11.1 Å². The molecule has 0 atom stereocenters. The predicted molar refractivity (Wildman–Crippen MR) is 96.1 cm³/mol. The van der Waals surface area contributed by atoms with Gasteiger partial charge in [0.15, 0.2) is 11.5 Å². The summed E-state index contributed by atoms with van der Waals surface area (Å²) in [6.07, 6.45) is 1.50. The molecular formula is C18H14FNO5S. The molecule has 1 heterocycles. The molecule has 0 unspecified atom stereocenters. The first kappa shape index (κ1) is 17.8. The largest absolute Gasteiger partial charge is 0.502 e. The van der Waals surface area contributed by atoms with Crippen molar-refractivity contribution >= 4 is 34.7 Å². The third-order valence-electron chi connectivity index (χ3n) is 3.68. The lowest BCUT2D eigenvalue weighted by Crippen LogP contribution is -2.27. The zero-order valence-corrected chi connectivity index (χ0v) is 14.7. The van der Waals surface area contributed by atoms with E-state index in [0.717, 1.165) is 16.7 Å². The average molecular weight is 375 g/mol. The molecule has 0 saturated carbocycles. The van der Waals surface area contributed by atoms with Gasteiger partial charge in [-0.3, -0.25) is 9.59 Å². The molecule has 2 amide bonds. The Morgan fingerprint density at radius 1 is 1.08 bits per heavy atom. The Bertz CT molecular complexity index is 885. The minimum absolute atomic E-state index is 0.161. The smallest absolute Gasteiger partial charge is 0.298 e. The molecule has 8 heteroatoms. The van der Waals surface area contributed by atoms with Crippen LogP contribution in [0.15, 0.2) is 41.3 Å². The van der Waals surface area contributed by atoms with Crippen molar-refractivity contribution < 1.29 is 28.6 Å². The van der Waals surface area contributed by atoms with Crippen LogP contribution in [0.2, 0.25) is 0 Å². The van der Waals surface area contributed by atoms with E-state index in [2.05, 4.69) is 0 Å². The number of rotatable bonds is 4. The fraction of sp³-hybridized carbons (Fsp3) is 0.111. The minimum atomic E-state index is -0.516. The third-order valence-corrected chi connectivity index (χ3v) is 4.55. The number of halogens is 1. The van der Waals surface area contributed by atoms with Gasteiger partial charge in [-0.25, -0.2) is 9.29 Å². The Hall–Kier alpha value is -3.00. The number of benzene rings is 2. The molecule has 0 spiro atoms. The van der Waals surface area contributed by atoms with Crippen LogP contribution in [0.1, 0.15) is 5.56 Å². The van der Waals surface area contributed by atoms with Crippen molar-refractivity contribution in [3.8, 4) is 17.2 Å². The van der Waals surface area contributed by atoms with E-state index in [1.54, 1.807) is 0 Å². The molecule has 134 valence electrons. The van der Waals surface area contributed by atoms with E-state index in [0.29, 0.717) is 5.56 Å². The monoisotopic (exact) mass is 375 g/mol. The molecule has 0 aromatic heterocycles. The number of carbonyl (C=O) groups is 2. The number of hydrogen-bond acceptors (Lipinski definition) is 6. The molecule has 3 rings (SSSR count). The van der Waals surface area contributed by atoms with Gasteiger partial charge < -0.3 is 14.6 Å². The number of hydrogen-bond donors (Lipinski definition) is 1. The highest BCUT2D eigenvalue weighted by atomic mass is 32.2. The van der Waals surface area contributed by atoms with Crippen LogP contribution >= 0.6 is 11.8 Å². The van der Waals surface area contributed by atoms with Crippen molar-refractivity contribution in [2.45, 2.75) is 0 Å². The molecule has 0 aliphatic carbocycles. The molecule has 1 N–H and O–H groups in total. The van der Waals surface area contributed by atoms with E-state index in [-0.39, 0.29) is 27.8 Å². The lowest BCUT2D eigenvalue weighted by molar-refractivity contribution is -0.113. The molecule has 1 aliphatic rings. The number of nitrogens with zero attached hydrogens (tertiary/aromatic N) is 1. The number of phenols is 1. The van der Waals surface area contributed by atoms with Crippen LogP contribution in [0.5, 0.6) is 17.2 Å². The van der Waals surface area contributed by atoms with Gasteiger partial charge >= 0.3 is 0 Å². The summed E-state index contributed by atoms with van der Waals surface area (Å²) in [5.74, 6) is -0.787. The number of phenolic OH excluding ortho intramolecular Hbond substituents is 1. The van der Waals surface area contributed by atoms with E-state index in [1.807, 2.05) is 0 Å². The standard InChI is InChI=1S/C18H14FNO5S/c1-24-13-7-10(8-14(25-2)16(13)21)9-15-17(22)20(18(23)26-15)12-5-3-11(19)4-6-12/h3-9,21H,1-2H3/b15-9-. The highest BCUT2D eigenvalue weighted by Gasteiger charge is 2.36. The van der Waals surface area contributed by atoms with Crippen LogP contribution in [-0.4, -0.2) is 30.5 Å². The number of methoxy groups -OCH3 is 2. The van der Waals surface area contributed by atoms with Gasteiger partial charge in [0.2, 0.25) is 5.75 Å². The molecule has 2 aromatic carbocycles. The normalized spacial score (nSPS) is 15.7. The fourth-order valence-electron chi connectivity index (χ4n) is 2.43. The van der Waals surface area contributed by atoms with Crippen molar-refractivity contribution in [2.24, 2.45) is 0 Å². The maximum Gasteiger partial charge on any atom is 0.298 e. The zero-order chi connectivity index (χ0) is 18.8. The highest BCUT2D eigenvalue weighted by molar-refractivity contribution is 8.19. The Morgan fingerprint density at radius 2 is 1.65 bits per heavy atom. The summed E-state index contributed by atoms with van der Waals surface area (Å²) in [6, 6.07) is 8.12. The van der Waals surface area contributed by atoms with Crippen LogP contribution in [0.4, 0.5) is 14.9 Å². The van der Waals surface area contributed by atoms with Crippen LogP contribution in [0.25, 0.3) is 6.08 Å². The maximum absolute atomic E-state index is 13.1. The first-order chi connectivity index (χ1) is 12.4. The second kappa shape index (κ2) is 7.09. The number of aromatic hydroxyl groups is 1. The van der Waals surface area contributed by atoms with Gasteiger partial charge in [-0.05, 0) is 59.8 Å². The zero-order valence-electron chi connectivity index (χ0n) is 13.9. The van der Waals surface area contributed by atoms with Crippen LogP contribution in [-0.2, 0) is 4.79 Å². The summed E-state index contributed by atoms with van der Waals surface area (Å²) in [6.45, 7) is 0. The van der Waals surface area contributed by atoms with Gasteiger partial charge in [0.05, 0.1) is 24.8 Å². The molecule has 0 radical (unpaired) electrons. The summed E-state index contributed by atoms with van der Waals surface area (Å²) < 4.78 is 23.2. The lowest BCUT2D eigenvalue weighted by atomic mass is 10.1. The molecule has 0 bridgehead atoms. The Balaban J connectivity index is 1.97. The lowest BCUT2D eigenvalue weighted by Gasteiger charge is -2.12. The third kappa shape index (κ3) is 3.23. The quantitative estimate of drug-likeness (QED) is 0.820. The number of thioether (sulfide) groups is 1. The average Bonchev–Trinajstić information content (AvgIpc) is 2.90. The van der Waals surface area contributed by atoms with Crippen molar-refractivity contribution in [3.05, 3.63) is 52.7 Å². The van der Waals surface area contributed by atoms with Gasteiger partial charge in [0, 0.05) is 0 Å².